The second-order valence-corrected chi connectivity index (χ2v) is 4.71. The van der Waals surface area contributed by atoms with Gasteiger partial charge in [-0.1, -0.05) is 11.6 Å². The third-order valence-corrected chi connectivity index (χ3v) is 3.02. The summed E-state index contributed by atoms with van der Waals surface area (Å²) in [5.74, 6) is 1.80. The second-order valence-electron chi connectivity index (χ2n) is 4.30. The number of fused-ring (bicyclic) bond motifs is 1. The summed E-state index contributed by atoms with van der Waals surface area (Å²) >= 11 is 6.16. The standard InChI is InChI=1S/C13H17ClO4/c1-8(15)6-9-12(16-2)10(14)7-11-13(9)18-5-3-4-17-11/h7-8,15H,3-6H2,1-2H3. The number of methoxy groups -OCH3 is 1. The minimum Gasteiger partial charge on any atom is -0.495 e. The molecule has 0 radical (unpaired) electrons. The summed E-state index contributed by atoms with van der Waals surface area (Å²) in [4.78, 5) is 0. The van der Waals surface area contributed by atoms with Gasteiger partial charge >= 0.3 is 0 Å². The zero-order valence-electron chi connectivity index (χ0n) is 10.5. The van der Waals surface area contributed by atoms with E-state index < -0.39 is 6.10 Å². The third kappa shape index (κ3) is 2.65. The molecule has 0 saturated carbocycles. The molecule has 0 saturated heterocycles. The second kappa shape index (κ2) is 5.67. The van der Waals surface area contributed by atoms with Crippen molar-refractivity contribution in [3.05, 3.63) is 16.7 Å². The smallest absolute Gasteiger partial charge is 0.168 e. The van der Waals surface area contributed by atoms with Crippen LogP contribution in [0.4, 0.5) is 0 Å². The van der Waals surface area contributed by atoms with Crippen molar-refractivity contribution in [2.45, 2.75) is 25.9 Å². The Hall–Kier alpha value is -1.13. The van der Waals surface area contributed by atoms with E-state index in [0.717, 1.165) is 12.0 Å². The highest BCUT2D eigenvalue weighted by Crippen LogP contribution is 2.44. The number of aliphatic hydroxyl groups is 1. The van der Waals surface area contributed by atoms with Crippen LogP contribution in [0.1, 0.15) is 18.9 Å². The highest BCUT2D eigenvalue weighted by molar-refractivity contribution is 6.32. The lowest BCUT2D eigenvalue weighted by molar-refractivity contribution is 0.192. The van der Waals surface area contributed by atoms with E-state index in [2.05, 4.69) is 0 Å². The molecule has 1 N–H and O–H groups in total. The van der Waals surface area contributed by atoms with Gasteiger partial charge in [-0.15, -0.1) is 0 Å². The molecule has 1 aromatic rings. The quantitative estimate of drug-likeness (QED) is 0.918. The largest absolute Gasteiger partial charge is 0.495 e. The van der Waals surface area contributed by atoms with Crippen LogP contribution in [0.3, 0.4) is 0 Å². The van der Waals surface area contributed by atoms with Crippen molar-refractivity contribution in [1.82, 2.24) is 0 Å². The first kappa shape index (κ1) is 13.3. The molecule has 0 aromatic heterocycles. The lowest BCUT2D eigenvalue weighted by atomic mass is 10.1. The van der Waals surface area contributed by atoms with Gasteiger partial charge in [-0.05, 0) is 6.92 Å². The van der Waals surface area contributed by atoms with E-state index in [1.165, 1.54) is 0 Å². The molecule has 1 atom stereocenters. The number of hydrogen-bond acceptors (Lipinski definition) is 4. The Balaban J connectivity index is 2.53. The zero-order chi connectivity index (χ0) is 13.1. The van der Waals surface area contributed by atoms with E-state index in [9.17, 15) is 5.11 Å². The Kier molecular flexibility index (Phi) is 4.19. The van der Waals surface area contributed by atoms with E-state index in [1.807, 2.05) is 0 Å². The number of benzene rings is 1. The molecular formula is C13H17ClO4. The summed E-state index contributed by atoms with van der Waals surface area (Å²) < 4.78 is 16.6. The topological polar surface area (TPSA) is 47.9 Å². The monoisotopic (exact) mass is 272 g/mol. The first-order chi connectivity index (χ1) is 8.63. The fraction of sp³-hybridized carbons (Fsp3) is 0.538. The maximum Gasteiger partial charge on any atom is 0.168 e. The average molecular weight is 273 g/mol. The minimum atomic E-state index is -0.506. The summed E-state index contributed by atoms with van der Waals surface area (Å²) in [5.41, 5.74) is 0.761. The van der Waals surface area contributed by atoms with Gasteiger partial charge in [0.05, 0.1) is 31.5 Å². The number of halogens is 1. The van der Waals surface area contributed by atoms with Gasteiger partial charge in [0.25, 0.3) is 0 Å². The third-order valence-electron chi connectivity index (χ3n) is 2.74. The summed E-state index contributed by atoms with van der Waals surface area (Å²) in [5, 5.41) is 10.1. The fourth-order valence-electron chi connectivity index (χ4n) is 2.02. The van der Waals surface area contributed by atoms with Crippen molar-refractivity contribution in [3.63, 3.8) is 0 Å². The Morgan fingerprint density at radius 2 is 2.17 bits per heavy atom. The van der Waals surface area contributed by atoms with Crippen molar-refractivity contribution in [1.29, 1.82) is 0 Å². The van der Waals surface area contributed by atoms with Gasteiger partial charge in [-0.2, -0.15) is 0 Å². The number of rotatable bonds is 3. The Labute approximate surface area is 111 Å². The Morgan fingerprint density at radius 1 is 1.44 bits per heavy atom. The van der Waals surface area contributed by atoms with Crippen LogP contribution in [-0.4, -0.2) is 31.5 Å². The maximum absolute atomic E-state index is 9.59. The highest BCUT2D eigenvalue weighted by atomic mass is 35.5. The summed E-state index contributed by atoms with van der Waals surface area (Å²) in [6, 6.07) is 1.70. The molecule has 0 aliphatic carbocycles. The number of aliphatic hydroxyl groups excluding tert-OH is 1. The van der Waals surface area contributed by atoms with Crippen LogP contribution >= 0.6 is 11.6 Å². The predicted octanol–water partition coefficient (Wildman–Crippen LogP) is 2.43. The summed E-state index contributed by atoms with van der Waals surface area (Å²) in [6.07, 6.45) is 0.728. The molecule has 1 aromatic carbocycles. The molecule has 0 spiro atoms. The lowest BCUT2D eigenvalue weighted by Gasteiger charge is -2.18. The van der Waals surface area contributed by atoms with Crippen LogP contribution in [0.15, 0.2) is 6.07 Å². The van der Waals surface area contributed by atoms with Gasteiger partial charge in [-0.25, -0.2) is 0 Å². The predicted molar refractivity (Wildman–Crippen MR) is 69.0 cm³/mol. The van der Waals surface area contributed by atoms with Crippen LogP contribution in [0.5, 0.6) is 17.2 Å². The van der Waals surface area contributed by atoms with Crippen LogP contribution in [0.2, 0.25) is 5.02 Å². The minimum absolute atomic E-state index is 0.412. The molecular weight excluding hydrogens is 256 g/mol. The van der Waals surface area contributed by atoms with Gasteiger partial charge < -0.3 is 19.3 Å². The van der Waals surface area contributed by atoms with E-state index in [0.29, 0.717) is 41.9 Å². The van der Waals surface area contributed by atoms with Gasteiger partial charge in [0.2, 0.25) is 0 Å². The van der Waals surface area contributed by atoms with Gasteiger partial charge in [0.15, 0.2) is 11.5 Å². The van der Waals surface area contributed by atoms with Crippen molar-refractivity contribution < 1.29 is 19.3 Å². The molecule has 0 bridgehead atoms. The first-order valence-corrected chi connectivity index (χ1v) is 6.34. The lowest BCUT2D eigenvalue weighted by Crippen LogP contribution is -2.09. The fourth-order valence-corrected chi connectivity index (χ4v) is 2.31. The van der Waals surface area contributed by atoms with Crippen LogP contribution in [0.25, 0.3) is 0 Å². The van der Waals surface area contributed by atoms with Gasteiger partial charge in [-0.3, -0.25) is 0 Å². The Bertz CT molecular complexity index is 431. The summed E-state index contributed by atoms with van der Waals surface area (Å²) in [7, 11) is 1.55. The normalized spacial score (nSPS) is 16.0. The van der Waals surface area contributed by atoms with Crippen LogP contribution in [-0.2, 0) is 6.42 Å². The van der Waals surface area contributed by atoms with Gasteiger partial charge in [0, 0.05) is 24.5 Å². The molecule has 1 aliphatic rings. The van der Waals surface area contributed by atoms with Crippen molar-refractivity contribution >= 4 is 11.6 Å². The average Bonchev–Trinajstić information content (AvgIpc) is 2.53. The molecule has 1 heterocycles. The van der Waals surface area contributed by atoms with E-state index in [4.69, 9.17) is 25.8 Å². The van der Waals surface area contributed by atoms with Crippen LogP contribution < -0.4 is 14.2 Å². The number of hydrogen-bond donors (Lipinski definition) is 1. The molecule has 1 unspecified atom stereocenters. The van der Waals surface area contributed by atoms with Crippen LogP contribution in [0, 0.1) is 0 Å². The molecule has 5 heteroatoms. The Morgan fingerprint density at radius 3 is 2.83 bits per heavy atom. The summed E-state index contributed by atoms with van der Waals surface area (Å²) in [6.45, 7) is 2.90. The van der Waals surface area contributed by atoms with E-state index in [1.54, 1.807) is 20.1 Å². The van der Waals surface area contributed by atoms with Crippen molar-refractivity contribution in [2.75, 3.05) is 20.3 Å². The molecule has 0 amide bonds. The maximum atomic E-state index is 9.59. The van der Waals surface area contributed by atoms with Crippen molar-refractivity contribution in [2.24, 2.45) is 0 Å². The number of ether oxygens (including phenoxy) is 3. The zero-order valence-corrected chi connectivity index (χ0v) is 11.3. The SMILES string of the molecule is COc1c(Cl)cc2c(c1CC(C)O)OCCCO2. The molecule has 1 aliphatic heterocycles. The van der Waals surface area contributed by atoms with E-state index in [-0.39, 0.29) is 0 Å². The highest BCUT2D eigenvalue weighted by Gasteiger charge is 2.23. The van der Waals surface area contributed by atoms with Gasteiger partial charge in [0.1, 0.15) is 5.75 Å². The molecule has 18 heavy (non-hydrogen) atoms. The molecule has 4 nitrogen and oxygen atoms in total. The first-order valence-electron chi connectivity index (χ1n) is 5.96. The van der Waals surface area contributed by atoms with Crippen molar-refractivity contribution in [3.8, 4) is 17.2 Å². The molecule has 100 valence electrons. The molecule has 2 rings (SSSR count). The molecule has 0 fully saturated rings. The van der Waals surface area contributed by atoms with E-state index >= 15 is 0 Å².